The van der Waals surface area contributed by atoms with Crippen LogP contribution in [0.3, 0.4) is 0 Å². The van der Waals surface area contributed by atoms with Crippen LogP contribution < -0.4 is 5.73 Å². The summed E-state index contributed by atoms with van der Waals surface area (Å²) in [5.74, 6) is 0. The van der Waals surface area contributed by atoms with Crippen LogP contribution in [-0.2, 0) is 11.3 Å². The molecule has 0 aliphatic rings. The summed E-state index contributed by atoms with van der Waals surface area (Å²) < 4.78 is 29.1. The predicted molar refractivity (Wildman–Crippen MR) is 54.2 cm³/mol. The first kappa shape index (κ1) is 11.4. The fourth-order valence-corrected chi connectivity index (χ4v) is 1.47. The Morgan fingerprint density at radius 2 is 2.14 bits per heavy atom. The normalized spacial score (nSPS) is 10.9. The summed E-state index contributed by atoms with van der Waals surface area (Å²) in [7, 11) is 0. The Morgan fingerprint density at radius 1 is 1.43 bits per heavy atom. The Hall–Kier alpha value is -0.680. The van der Waals surface area contributed by atoms with Crippen molar-refractivity contribution >= 4 is 21.6 Å². The molecule has 0 heterocycles. The first-order valence-electron chi connectivity index (χ1n) is 4.00. The number of alkyl halides is 2. The zero-order chi connectivity index (χ0) is 10.6. The van der Waals surface area contributed by atoms with E-state index in [-0.39, 0.29) is 6.61 Å². The summed E-state index contributed by atoms with van der Waals surface area (Å²) in [6, 6.07) is 5.26. The van der Waals surface area contributed by atoms with Gasteiger partial charge in [-0.25, -0.2) is 8.78 Å². The third kappa shape index (κ3) is 3.23. The van der Waals surface area contributed by atoms with Crippen LogP contribution in [0, 0.1) is 0 Å². The summed E-state index contributed by atoms with van der Waals surface area (Å²) in [6.45, 7) is -0.474. The van der Waals surface area contributed by atoms with Crippen molar-refractivity contribution in [1.82, 2.24) is 0 Å². The molecule has 0 aliphatic carbocycles. The molecular weight excluding hydrogens is 256 g/mol. The number of rotatable bonds is 4. The quantitative estimate of drug-likeness (QED) is 0.850. The van der Waals surface area contributed by atoms with E-state index in [4.69, 9.17) is 10.5 Å². The van der Waals surface area contributed by atoms with Crippen molar-refractivity contribution in [3.05, 3.63) is 28.2 Å². The van der Waals surface area contributed by atoms with Crippen LogP contribution in [0.1, 0.15) is 5.56 Å². The molecule has 0 unspecified atom stereocenters. The molecule has 1 aromatic rings. The smallest absolute Gasteiger partial charge is 0.261 e. The molecule has 78 valence electrons. The standard InChI is InChI=1S/C9H10BrF2NO/c10-7-2-1-3-8(13)6(7)4-14-5-9(11)12/h1-3,9H,4-5,13H2. The van der Waals surface area contributed by atoms with Crippen LogP contribution >= 0.6 is 15.9 Å². The maximum Gasteiger partial charge on any atom is 0.261 e. The lowest BCUT2D eigenvalue weighted by Crippen LogP contribution is -2.06. The van der Waals surface area contributed by atoms with Crippen LogP contribution in [-0.4, -0.2) is 13.0 Å². The summed E-state index contributed by atoms with van der Waals surface area (Å²) in [6.07, 6.45) is -2.45. The third-order valence-corrected chi connectivity index (χ3v) is 2.39. The summed E-state index contributed by atoms with van der Waals surface area (Å²) in [5, 5.41) is 0. The topological polar surface area (TPSA) is 35.2 Å². The number of nitrogens with two attached hydrogens (primary N) is 1. The number of hydrogen-bond acceptors (Lipinski definition) is 2. The van der Waals surface area contributed by atoms with Crippen LogP contribution in [0.15, 0.2) is 22.7 Å². The number of nitrogen functional groups attached to an aromatic ring is 1. The van der Waals surface area contributed by atoms with E-state index in [2.05, 4.69) is 15.9 Å². The maximum absolute atomic E-state index is 11.8. The molecule has 2 nitrogen and oxygen atoms in total. The molecule has 0 fully saturated rings. The van der Waals surface area contributed by atoms with Gasteiger partial charge in [-0.1, -0.05) is 22.0 Å². The van der Waals surface area contributed by atoms with Gasteiger partial charge in [-0.15, -0.1) is 0 Å². The van der Waals surface area contributed by atoms with Gasteiger partial charge >= 0.3 is 0 Å². The summed E-state index contributed by atoms with van der Waals surface area (Å²) >= 11 is 3.27. The molecule has 14 heavy (non-hydrogen) atoms. The SMILES string of the molecule is Nc1cccc(Br)c1COCC(F)F. The van der Waals surface area contributed by atoms with Gasteiger partial charge in [-0.05, 0) is 12.1 Å². The second-order valence-corrected chi connectivity index (χ2v) is 3.57. The van der Waals surface area contributed by atoms with Gasteiger partial charge < -0.3 is 10.5 Å². The monoisotopic (exact) mass is 265 g/mol. The van der Waals surface area contributed by atoms with E-state index in [1.165, 1.54) is 0 Å². The zero-order valence-electron chi connectivity index (χ0n) is 7.34. The predicted octanol–water partition coefficient (Wildman–Crippen LogP) is 2.81. The van der Waals surface area contributed by atoms with Crippen LogP contribution in [0.25, 0.3) is 0 Å². The zero-order valence-corrected chi connectivity index (χ0v) is 8.93. The van der Waals surface area contributed by atoms with Crippen LogP contribution in [0.2, 0.25) is 0 Å². The molecule has 1 rings (SSSR count). The molecule has 2 N–H and O–H groups in total. The molecule has 0 aromatic heterocycles. The van der Waals surface area contributed by atoms with E-state index in [0.717, 1.165) is 4.47 Å². The minimum absolute atomic E-state index is 0.0948. The molecule has 0 atom stereocenters. The highest BCUT2D eigenvalue weighted by Gasteiger charge is 2.06. The van der Waals surface area contributed by atoms with Gasteiger partial charge in [0.05, 0.1) is 6.61 Å². The highest BCUT2D eigenvalue weighted by molar-refractivity contribution is 9.10. The van der Waals surface area contributed by atoms with E-state index in [1.807, 2.05) is 0 Å². The van der Waals surface area contributed by atoms with Crippen LogP contribution in [0.4, 0.5) is 14.5 Å². The van der Waals surface area contributed by atoms with Gasteiger partial charge in [0.2, 0.25) is 0 Å². The number of ether oxygens (including phenoxy) is 1. The minimum Gasteiger partial charge on any atom is -0.398 e. The Balaban J connectivity index is 2.58. The van der Waals surface area contributed by atoms with Gasteiger partial charge in [0.1, 0.15) is 6.61 Å². The van der Waals surface area contributed by atoms with E-state index >= 15 is 0 Å². The van der Waals surface area contributed by atoms with Crippen molar-refractivity contribution in [2.45, 2.75) is 13.0 Å². The molecule has 1 aromatic carbocycles. The lowest BCUT2D eigenvalue weighted by atomic mass is 10.2. The van der Waals surface area contributed by atoms with E-state index < -0.39 is 13.0 Å². The van der Waals surface area contributed by atoms with E-state index in [0.29, 0.717) is 11.3 Å². The van der Waals surface area contributed by atoms with Gasteiger partial charge in [-0.2, -0.15) is 0 Å². The number of benzene rings is 1. The number of halogens is 3. The molecule has 0 saturated heterocycles. The second-order valence-electron chi connectivity index (χ2n) is 2.71. The molecule has 0 amide bonds. The van der Waals surface area contributed by atoms with Crippen molar-refractivity contribution < 1.29 is 13.5 Å². The molecular formula is C9H10BrF2NO. The molecule has 5 heteroatoms. The van der Waals surface area contributed by atoms with E-state index in [1.54, 1.807) is 18.2 Å². The van der Waals surface area contributed by atoms with E-state index in [9.17, 15) is 8.78 Å². The number of anilines is 1. The number of hydrogen-bond donors (Lipinski definition) is 1. The van der Waals surface area contributed by atoms with Gasteiger partial charge in [0.25, 0.3) is 6.43 Å². The average Bonchev–Trinajstić information content (AvgIpc) is 2.09. The molecule has 0 aliphatic heterocycles. The fourth-order valence-electron chi connectivity index (χ4n) is 0.978. The first-order valence-corrected chi connectivity index (χ1v) is 4.79. The molecule has 0 radical (unpaired) electrons. The lowest BCUT2D eigenvalue weighted by molar-refractivity contribution is 0.00988. The van der Waals surface area contributed by atoms with Crippen LogP contribution in [0.5, 0.6) is 0 Å². The lowest BCUT2D eigenvalue weighted by Gasteiger charge is -2.08. The highest BCUT2D eigenvalue weighted by Crippen LogP contribution is 2.23. The van der Waals surface area contributed by atoms with Crippen molar-refractivity contribution in [1.29, 1.82) is 0 Å². The Kier molecular flexibility index (Phi) is 4.28. The van der Waals surface area contributed by atoms with Crippen molar-refractivity contribution in [2.24, 2.45) is 0 Å². The Bertz CT molecular complexity index is 287. The third-order valence-electron chi connectivity index (χ3n) is 1.65. The molecule has 0 bridgehead atoms. The van der Waals surface area contributed by atoms with Gasteiger partial charge in [0.15, 0.2) is 0 Å². The Morgan fingerprint density at radius 3 is 2.71 bits per heavy atom. The van der Waals surface area contributed by atoms with Crippen molar-refractivity contribution in [2.75, 3.05) is 12.3 Å². The highest BCUT2D eigenvalue weighted by atomic mass is 79.9. The largest absolute Gasteiger partial charge is 0.398 e. The first-order chi connectivity index (χ1) is 6.61. The molecule has 0 spiro atoms. The van der Waals surface area contributed by atoms with Crippen molar-refractivity contribution in [3.63, 3.8) is 0 Å². The second kappa shape index (κ2) is 5.26. The summed E-state index contributed by atoms with van der Waals surface area (Å²) in [5.41, 5.74) is 6.88. The summed E-state index contributed by atoms with van der Waals surface area (Å²) in [4.78, 5) is 0. The molecule has 0 saturated carbocycles. The average molecular weight is 266 g/mol. The van der Waals surface area contributed by atoms with Gasteiger partial charge in [0, 0.05) is 15.7 Å². The maximum atomic E-state index is 11.8. The minimum atomic E-state index is -2.45. The fraction of sp³-hybridized carbons (Fsp3) is 0.333. The van der Waals surface area contributed by atoms with Crippen molar-refractivity contribution in [3.8, 4) is 0 Å². The Labute approximate surface area is 89.2 Å². The van der Waals surface area contributed by atoms with Gasteiger partial charge in [-0.3, -0.25) is 0 Å².